The summed E-state index contributed by atoms with van der Waals surface area (Å²) in [5.74, 6) is -0.0855. The van der Waals surface area contributed by atoms with E-state index in [1.165, 1.54) is 11.0 Å². The molecule has 1 fully saturated rings. The van der Waals surface area contributed by atoms with E-state index in [0.29, 0.717) is 37.6 Å². The number of hydrogen-bond donors (Lipinski definition) is 1. The molecule has 0 atom stereocenters. The van der Waals surface area contributed by atoms with Crippen molar-refractivity contribution in [3.8, 4) is 0 Å². The van der Waals surface area contributed by atoms with Crippen LogP contribution in [0.25, 0.3) is 6.08 Å². The fourth-order valence-electron chi connectivity index (χ4n) is 2.07. The van der Waals surface area contributed by atoms with Gasteiger partial charge in [-0.3, -0.25) is 0 Å². The van der Waals surface area contributed by atoms with Gasteiger partial charge < -0.3 is 14.9 Å². The highest BCUT2D eigenvalue weighted by atomic mass is 19.1. The molecule has 102 valence electrons. The number of rotatable bonds is 2. The van der Waals surface area contributed by atoms with Crippen LogP contribution in [-0.4, -0.2) is 47.3 Å². The minimum absolute atomic E-state index is 0.290. The van der Waals surface area contributed by atoms with Crippen LogP contribution in [0.2, 0.25) is 0 Å². The van der Waals surface area contributed by atoms with Crippen LogP contribution in [0.4, 0.5) is 15.0 Å². The van der Waals surface area contributed by atoms with Gasteiger partial charge in [-0.15, -0.1) is 0 Å². The molecule has 0 aromatic carbocycles. The van der Waals surface area contributed by atoms with Crippen LogP contribution >= 0.6 is 0 Å². The van der Waals surface area contributed by atoms with Crippen LogP contribution in [0.5, 0.6) is 0 Å². The lowest BCUT2D eigenvalue weighted by Gasteiger charge is -2.33. The third-order valence-electron chi connectivity index (χ3n) is 3.05. The zero-order valence-electron chi connectivity index (χ0n) is 10.7. The maximum Gasteiger partial charge on any atom is 0.407 e. The Morgan fingerprint density at radius 1 is 1.42 bits per heavy atom. The molecule has 0 aliphatic carbocycles. The van der Waals surface area contributed by atoms with Gasteiger partial charge in [-0.25, -0.2) is 14.2 Å². The van der Waals surface area contributed by atoms with Gasteiger partial charge in [0.1, 0.15) is 0 Å². The number of allylic oxidation sites excluding steroid dienone is 1. The number of carbonyl (C=O) groups is 1. The van der Waals surface area contributed by atoms with Crippen LogP contribution in [0.3, 0.4) is 0 Å². The summed E-state index contributed by atoms with van der Waals surface area (Å²) in [4.78, 5) is 18.0. The quantitative estimate of drug-likeness (QED) is 0.889. The van der Waals surface area contributed by atoms with Gasteiger partial charge in [0.05, 0.1) is 0 Å². The van der Waals surface area contributed by atoms with Gasteiger partial charge in [-0.2, -0.15) is 0 Å². The molecule has 1 aliphatic heterocycles. The van der Waals surface area contributed by atoms with Gasteiger partial charge >= 0.3 is 6.09 Å². The molecule has 0 bridgehead atoms. The summed E-state index contributed by atoms with van der Waals surface area (Å²) in [6, 6.07) is 1.44. The molecule has 1 aliphatic rings. The van der Waals surface area contributed by atoms with E-state index in [0.717, 1.165) is 0 Å². The van der Waals surface area contributed by atoms with Gasteiger partial charge in [0.2, 0.25) is 0 Å². The standard InChI is InChI=1S/C13H16FN3O2/c1-2-3-10-8-11(14)12(15-9-10)16-4-6-17(7-5-16)13(18)19/h2-3,8-9H,4-7H2,1H3,(H,18,19). The normalized spacial score (nSPS) is 16.1. The molecule has 0 spiro atoms. The molecular weight excluding hydrogens is 249 g/mol. The minimum atomic E-state index is -0.934. The maximum atomic E-state index is 13.9. The summed E-state index contributed by atoms with van der Waals surface area (Å²) in [6.45, 7) is 3.51. The van der Waals surface area contributed by atoms with Gasteiger partial charge in [-0.1, -0.05) is 12.2 Å². The van der Waals surface area contributed by atoms with Crippen molar-refractivity contribution in [1.29, 1.82) is 0 Å². The van der Waals surface area contributed by atoms with Gasteiger partial charge in [-0.05, 0) is 18.6 Å². The Morgan fingerprint density at radius 3 is 2.63 bits per heavy atom. The second-order valence-corrected chi connectivity index (χ2v) is 4.33. The first kappa shape index (κ1) is 13.3. The summed E-state index contributed by atoms with van der Waals surface area (Å²) in [6.07, 6.45) is 4.28. The second-order valence-electron chi connectivity index (χ2n) is 4.33. The fraction of sp³-hybridized carbons (Fsp3) is 0.385. The van der Waals surface area contributed by atoms with Crippen LogP contribution < -0.4 is 4.90 Å². The van der Waals surface area contributed by atoms with E-state index in [1.807, 2.05) is 13.0 Å². The lowest BCUT2D eigenvalue weighted by molar-refractivity contribution is 0.142. The van der Waals surface area contributed by atoms with Gasteiger partial charge in [0.25, 0.3) is 0 Å². The Bertz CT molecular complexity index is 497. The SMILES string of the molecule is CC=Cc1cnc(N2CCN(C(=O)O)CC2)c(F)c1. The van der Waals surface area contributed by atoms with E-state index in [9.17, 15) is 9.18 Å². The molecule has 1 N–H and O–H groups in total. The van der Waals surface area contributed by atoms with Crippen LogP contribution in [0, 0.1) is 5.82 Å². The number of anilines is 1. The van der Waals surface area contributed by atoms with Gasteiger partial charge in [0.15, 0.2) is 11.6 Å². The van der Waals surface area contributed by atoms with Crippen molar-refractivity contribution in [2.24, 2.45) is 0 Å². The predicted octanol–water partition coefficient (Wildman–Crippen LogP) is 2.05. The molecule has 1 amide bonds. The van der Waals surface area contributed by atoms with E-state index in [1.54, 1.807) is 17.2 Å². The lowest BCUT2D eigenvalue weighted by Crippen LogP contribution is -2.48. The Morgan fingerprint density at radius 2 is 2.11 bits per heavy atom. The summed E-state index contributed by atoms with van der Waals surface area (Å²) >= 11 is 0. The topological polar surface area (TPSA) is 56.7 Å². The summed E-state index contributed by atoms with van der Waals surface area (Å²) < 4.78 is 13.9. The van der Waals surface area contributed by atoms with E-state index >= 15 is 0 Å². The van der Waals surface area contributed by atoms with Crippen LogP contribution in [-0.2, 0) is 0 Å². The Kier molecular flexibility index (Phi) is 3.99. The smallest absolute Gasteiger partial charge is 0.407 e. The van der Waals surface area contributed by atoms with E-state index < -0.39 is 6.09 Å². The number of amides is 1. The second kappa shape index (κ2) is 5.69. The molecule has 1 aromatic rings. The number of hydrogen-bond acceptors (Lipinski definition) is 3. The van der Waals surface area contributed by atoms with Crippen molar-refractivity contribution in [3.63, 3.8) is 0 Å². The zero-order valence-corrected chi connectivity index (χ0v) is 10.7. The molecule has 1 aromatic heterocycles. The highest BCUT2D eigenvalue weighted by molar-refractivity contribution is 5.65. The fourth-order valence-corrected chi connectivity index (χ4v) is 2.07. The Balaban J connectivity index is 2.09. The molecule has 0 radical (unpaired) electrons. The highest BCUT2D eigenvalue weighted by Gasteiger charge is 2.22. The highest BCUT2D eigenvalue weighted by Crippen LogP contribution is 2.19. The van der Waals surface area contributed by atoms with Crippen LogP contribution in [0.1, 0.15) is 12.5 Å². The number of pyridine rings is 1. The maximum absolute atomic E-state index is 13.9. The summed E-state index contributed by atoms with van der Waals surface area (Å²) in [7, 11) is 0. The Hall–Kier alpha value is -2.11. The van der Waals surface area contributed by atoms with E-state index in [4.69, 9.17) is 5.11 Å². The van der Waals surface area contributed by atoms with Crippen molar-refractivity contribution in [3.05, 3.63) is 29.7 Å². The summed E-state index contributed by atoms with van der Waals surface area (Å²) in [5, 5.41) is 8.86. The molecule has 6 heteroatoms. The minimum Gasteiger partial charge on any atom is -0.465 e. The first-order valence-corrected chi connectivity index (χ1v) is 6.13. The predicted molar refractivity (Wildman–Crippen MR) is 70.7 cm³/mol. The number of carboxylic acid groups (broad SMARTS) is 1. The molecule has 2 rings (SSSR count). The number of aromatic nitrogens is 1. The third kappa shape index (κ3) is 3.01. The van der Waals surface area contributed by atoms with Crippen molar-refractivity contribution in [2.75, 3.05) is 31.1 Å². The zero-order chi connectivity index (χ0) is 13.8. The van der Waals surface area contributed by atoms with E-state index in [2.05, 4.69) is 4.98 Å². The molecule has 0 saturated carbocycles. The van der Waals surface area contributed by atoms with Crippen molar-refractivity contribution >= 4 is 18.0 Å². The van der Waals surface area contributed by atoms with Crippen molar-refractivity contribution < 1.29 is 14.3 Å². The lowest BCUT2D eigenvalue weighted by atomic mass is 10.2. The number of halogens is 1. The van der Waals surface area contributed by atoms with Crippen molar-refractivity contribution in [2.45, 2.75) is 6.92 Å². The first-order chi connectivity index (χ1) is 9.11. The monoisotopic (exact) mass is 265 g/mol. The first-order valence-electron chi connectivity index (χ1n) is 6.13. The molecule has 1 saturated heterocycles. The number of nitrogens with zero attached hydrogens (tertiary/aromatic N) is 3. The third-order valence-corrected chi connectivity index (χ3v) is 3.05. The van der Waals surface area contributed by atoms with Crippen LogP contribution in [0.15, 0.2) is 18.3 Å². The molecule has 5 nitrogen and oxygen atoms in total. The van der Waals surface area contributed by atoms with E-state index in [-0.39, 0.29) is 5.82 Å². The average molecular weight is 265 g/mol. The van der Waals surface area contributed by atoms with Crippen molar-refractivity contribution in [1.82, 2.24) is 9.88 Å². The average Bonchev–Trinajstić information content (AvgIpc) is 2.39. The van der Waals surface area contributed by atoms with Gasteiger partial charge in [0, 0.05) is 32.4 Å². The Labute approximate surface area is 111 Å². The largest absolute Gasteiger partial charge is 0.465 e. The molecular formula is C13H16FN3O2. The molecule has 0 unspecified atom stereocenters. The summed E-state index contributed by atoms with van der Waals surface area (Å²) in [5.41, 5.74) is 0.716. The molecule has 2 heterocycles. The number of piperazine rings is 1. The molecule has 19 heavy (non-hydrogen) atoms.